The standard InChI is InChI=1S/C16H23FN4O3S/c1-16(2,3)24-15(23)18-10-4-5-13(22)20-21-14(25)19-12-8-6-11(17)7-9-12/h6-9H,4-5,10H2,1-3H3,(H,18,23)(H,20,22)(H2,19,21,25). The summed E-state index contributed by atoms with van der Waals surface area (Å²) in [7, 11) is 0. The molecule has 0 aliphatic heterocycles. The molecule has 0 bridgehead atoms. The van der Waals surface area contributed by atoms with Crippen LogP contribution in [0.2, 0.25) is 0 Å². The topological polar surface area (TPSA) is 91.5 Å². The monoisotopic (exact) mass is 370 g/mol. The maximum absolute atomic E-state index is 12.8. The highest BCUT2D eigenvalue weighted by Crippen LogP contribution is 2.08. The van der Waals surface area contributed by atoms with Crippen molar-refractivity contribution in [3.8, 4) is 0 Å². The number of hydrogen-bond donors (Lipinski definition) is 4. The molecule has 1 aromatic rings. The van der Waals surface area contributed by atoms with Gasteiger partial charge in [-0.25, -0.2) is 9.18 Å². The molecule has 0 radical (unpaired) electrons. The SMILES string of the molecule is CC(C)(C)OC(=O)NCCCC(=O)NNC(=S)Nc1ccc(F)cc1. The fourth-order valence-corrected chi connectivity index (χ4v) is 1.81. The van der Waals surface area contributed by atoms with Gasteiger partial charge < -0.3 is 15.4 Å². The summed E-state index contributed by atoms with van der Waals surface area (Å²) in [5, 5.41) is 5.53. The summed E-state index contributed by atoms with van der Waals surface area (Å²) in [6.45, 7) is 5.64. The Hall–Kier alpha value is -2.42. The van der Waals surface area contributed by atoms with Gasteiger partial charge in [0.05, 0.1) is 0 Å². The maximum Gasteiger partial charge on any atom is 0.407 e. The van der Waals surface area contributed by atoms with Gasteiger partial charge >= 0.3 is 6.09 Å². The predicted octanol–water partition coefficient (Wildman–Crippen LogP) is 2.45. The van der Waals surface area contributed by atoms with Crippen molar-refractivity contribution < 1.29 is 18.7 Å². The minimum absolute atomic E-state index is 0.173. The zero-order valence-corrected chi connectivity index (χ0v) is 15.3. The second kappa shape index (κ2) is 9.77. The first-order valence-electron chi connectivity index (χ1n) is 7.74. The van der Waals surface area contributed by atoms with E-state index in [-0.39, 0.29) is 23.3 Å². The zero-order chi connectivity index (χ0) is 18.9. The van der Waals surface area contributed by atoms with Crippen LogP contribution < -0.4 is 21.5 Å². The molecule has 25 heavy (non-hydrogen) atoms. The van der Waals surface area contributed by atoms with Crippen molar-refractivity contribution in [1.29, 1.82) is 0 Å². The molecule has 0 saturated heterocycles. The Morgan fingerprint density at radius 3 is 2.40 bits per heavy atom. The van der Waals surface area contributed by atoms with Crippen LogP contribution in [0.4, 0.5) is 14.9 Å². The summed E-state index contributed by atoms with van der Waals surface area (Å²) in [6.07, 6.45) is 0.128. The number of amides is 2. The third kappa shape index (κ3) is 10.1. The van der Waals surface area contributed by atoms with Gasteiger partial charge in [-0.2, -0.15) is 0 Å². The summed E-state index contributed by atoms with van der Waals surface area (Å²) in [6, 6.07) is 5.63. The molecule has 2 amide bonds. The molecule has 0 unspecified atom stereocenters. The molecule has 7 nitrogen and oxygen atoms in total. The predicted molar refractivity (Wildman–Crippen MR) is 97.4 cm³/mol. The smallest absolute Gasteiger partial charge is 0.407 e. The number of alkyl carbamates (subject to hydrolysis) is 1. The van der Waals surface area contributed by atoms with Gasteiger partial charge in [-0.1, -0.05) is 0 Å². The van der Waals surface area contributed by atoms with Crippen LogP contribution in [0.3, 0.4) is 0 Å². The van der Waals surface area contributed by atoms with Gasteiger partial charge in [-0.3, -0.25) is 15.6 Å². The van der Waals surface area contributed by atoms with Crippen molar-refractivity contribution in [1.82, 2.24) is 16.2 Å². The van der Waals surface area contributed by atoms with Crippen molar-refractivity contribution in [2.24, 2.45) is 0 Å². The largest absolute Gasteiger partial charge is 0.444 e. The number of rotatable bonds is 5. The molecule has 0 atom stereocenters. The molecule has 0 saturated carbocycles. The van der Waals surface area contributed by atoms with Gasteiger partial charge in [0.25, 0.3) is 0 Å². The van der Waals surface area contributed by atoms with E-state index >= 15 is 0 Å². The van der Waals surface area contributed by atoms with Gasteiger partial charge in [-0.15, -0.1) is 0 Å². The molecular formula is C16H23FN4O3S. The number of anilines is 1. The average Bonchev–Trinajstić information content (AvgIpc) is 2.50. The first-order valence-corrected chi connectivity index (χ1v) is 8.15. The van der Waals surface area contributed by atoms with Crippen LogP contribution in [0.25, 0.3) is 0 Å². The van der Waals surface area contributed by atoms with Gasteiger partial charge in [0.1, 0.15) is 11.4 Å². The molecule has 1 aromatic carbocycles. The van der Waals surface area contributed by atoms with Crippen LogP contribution in [0.1, 0.15) is 33.6 Å². The average molecular weight is 370 g/mol. The van der Waals surface area contributed by atoms with Crippen LogP contribution in [-0.2, 0) is 9.53 Å². The first kappa shape index (κ1) is 20.6. The van der Waals surface area contributed by atoms with Gasteiger partial charge in [-0.05, 0) is 63.7 Å². The van der Waals surface area contributed by atoms with Crippen LogP contribution in [0, 0.1) is 5.82 Å². The minimum atomic E-state index is -0.557. The molecule has 0 aliphatic carbocycles. The Morgan fingerprint density at radius 2 is 1.80 bits per heavy atom. The first-order chi connectivity index (χ1) is 11.7. The van der Waals surface area contributed by atoms with E-state index in [2.05, 4.69) is 21.5 Å². The second-order valence-corrected chi connectivity index (χ2v) is 6.57. The third-order valence-corrected chi connectivity index (χ3v) is 2.87. The number of benzene rings is 1. The molecular weight excluding hydrogens is 347 g/mol. The van der Waals surface area contributed by atoms with E-state index in [1.165, 1.54) is 24.3 Å². The lowest BCUT2D eigenvalue weighted by Crippen LogP contribution is -2.43. The van der Waals surface area contributed by atoms with Crippen LogP contribution >= 0.6 is 12.2 Å². The van der Waals surface area contributed by atoms with E-state index < -0.39 is 11.7 Å². The van der Waals surface area contributed by atoms with E-state index in [1.807, 2.05) is 0 Å². The summed E-state index contributed by atoms with van der Waals surface area (Å²) in [4.78, 5) is 23.1. The summed E-state index contributed by atoms with van der Waals surface area (Å²) in [5.41, 5.74) is 5.01. The fourth-order valence-electron chi connectivity index (χ4n) is 1.64. The summed E-state index contributed by atoms with van der Waals surface area (Å²) in [5.74, 6) is -0.632. The van der Waals surface area contributed by atoms with Crippen LogP contribution in [0.5, 0.6) is 0 Å². The number of hydrazine groups is 1. The molecule has 0 spiro atoms. The molecule has 1 rings (SSSR count). The molecule has 0 heterocycles. The van der Waals surface area contributed by atoms with Gasteiger partial charge in [0, 0.05) is 18.7 Å². The van der Waals surface area contributed by atoms with E-state index in [4.69, 9.17) is 17.0 Å². The highest BCUT2D eigenvalue weighted by Gasteiger charge is 2.15. The minimum Gasteiger partial charge on any atom is -0.444 e. The van der Waals surface area contributed by atoms with Gasteiger partial charge in [0.2, 0.25) is 5.91 Å². The van der Waals surface area contributed by atoms with Crippen LogP contribution in [-0.4, -0.2) is 29.3 Å². The Balaban J connectivity index is 2.15. The van der Waals surface area contributed by atoms with Crippen LogP contribution in [0.15, 0.2) is 24.3 Å². The number of hydrogen-bond acceptors (Lipinski definition) is 4. The van der Waals surface area contributed by atoms with Crippen molar-refractivity contribution in [2.45, 2.75) is 39.2 Å². The molecule has 0 aliphatic rings. The number of thiocarbonyl (C=S) groups is 1. The molecule has 9 heteroatoms. The highest BCUT2D eigenvalue weighted by molar-refractivity contribution is 7.80. The number of carbonyl (C=O) groups is 2. The quantitative estimate of drug-likeness (QED) is 0.362. The molecule has 0 fully saturated rings. The lowest BCUT2D eigenvalue weighted by molar-refractivity contribution is -0.121. The Bertz CT molecular complexity index is 602. The summed E-state index contributed by atoms with van der Waals surface area (Å²) >= 11 is 5.00. The number of halogens is 1. The Morgan fingerprint density at radius 1 is 1.16 bits per heavy atom. The van der Waals surface area contributed by atoms with E-state index in [0.29, 0.717) is 18.7 Å². The van der Waals surface area contributed by atoms with Crippen molar-refractivity contribution >= 4 is 35.0 Å². The van der Waals surface area contributed by atoms with E-state index in [1.54, 1.807) is 20.8 Å². The number of ether oxygens (including phenoxy) is 1. The third-order valence-electron chi connectivity index (χ3n) is 2.67. The molecule has 4 N–H and O–H groups in total. The van der Waals surface area contributed by atoms with E-state index in [9.17, 15) is 14.0 Å². The maximum atomic E-state index is 12.8. The van der Waals surface area contributed by atoms with Crippen molar-refractivity contribution in [2.75, 3.05) is 11.9 Å². The van der Waals surface area contributed by atoms with E-state index in [0.717, 1.165) is 0 Å². The molecule has 138 valence electrons. The van der Waals surface area contributed by atoms with Crippen molar-refractivity contribution in [3.63, 3.8) is 0 Å². The Kier molecular flexibility index (Phi) is 8.06. The molecule has 0 aromatic heterocycles. The van der Waals surface area contributed by atoms with Crippen molar-refractivity contribution in [3.05, 3.63) is 30.1 Å². The summed E-state index contributed by atoms with van der Waals surface area (Å²) < 4.78 is 17.9. The lowest BCUT2D eigenvalue weighted by Gasteiger charge is -2.19. The zero-order valence-electron chi connectivity index (χ0n) is 14.4. The second-order valence-electron chi connectivity index (χ2n) is 6.17. The Labute approximate surface area is 151 Å². The highest BCUT2D eigenvalue weighted by atomic mass is 32.1. The number of carbonyl (C=O) groups excluding carboxylic acids is 2. The number of nitrogens with one attached hydrogen (secondary N) is 4. The van der Waals surface area contributed by atoms with Gasteiger partial charge in [0.15, 0.2) is 5.11 Å². The lowest BCUT2D eigenvalue weighted by atomic mass is 10.2. The normalized spacial score (nSPS) is 10.6. The fraction of sp³-hybridized carbons (Fsp3) is 0.438.